The quantitative estimate of drug-likeness (QED) is 0.424. The van der Waals surface area contributed by atoms with E-state index in [1.807, 2.05) is 18.2 Å². The van der Waals surface area contributed by atoms with Gasteiger partial charge in [-0.15, -0.1) is 6.58 Å². The number of aryl methyl sites for hydroxylation is 1. The summed E-state index contributed by atoms with van der Waals surface area (Å²) in [4.78, 5) is 0. The monoisotopic (exact) mass is 360 g/mol. The maximum Gasteiger partial charge on any atom is 0.160 e. The molecule has 2 aliphatic rings. The first-order valence-electron chi connectivity index (χ1n) is 10.3. The Kier molecular flexibility index (Phi) is 7.69. The lowest BCUT2D eigenvalue weighted by molar-refractivity contribution is -0.230. The highest BCUT2D eigenvalue weighted by atomic mass is 19.1. The Morgan fingerprint density at radius 2 is 1.65 bits per heavy atom. The summed E-state index contributed by atoms with van der Waals surface area (Å²) in [6.45, 7) is 5.49. The van der Waals surface area contributed by atoms with Gasteiger partial charge in [-0.2, -0.15) is 0 Å². The summed E-state index contributed by atoms with van der Waals surface area (Å²) >= 11 is 0. The van der Waals surface area contributed by atoms with Crippen LogP contribution in [-0.4, -0.2) is 19.5 Å². The second-order valence-electron chi connectivity index (χ2n) is 8.07. The molecule has 26 heavy (non-hydrogen) atoms. The molecule has 0 bridgehead atoms. The van der Waals surface area contributed by atoms with Crippen LogP contribution in [0.2, 0.25) is 0 Å². The molecule has 1 heterocycles. The minimum atomic E-state index is -0.148. The number of rotatable bonds is 8. The Labute approximate surface area is 157 Å². The Hall–Kier alpha value is -1.19. The Morgan fingerprint density at radius 3 is 2.31 bits per heavy atom. The Bertz CT molecular complexity index is 526. The molecule has 1 aromatic rings. The van der Waals surface area contributed by atoms with E-state index in [0.29, 0.717) is 11.8 Å². The second-order valence-corrected chi connectivity index (χ2v) is 8.07. The second kappa shape index (κ2) is 10.2. The number of ether oxygens (including phenoxy) is 2. The van der Waals surface area contributed by atoms with Crippen LogP contribution < -0.4 is 0 Å². The lowest BCUT2D eigenvalue weighted by Gasteiger charge is -2.37. The predicted molar refractivity (Wildman–Crippen MR) is 103 cm³/mol. The molecular formula is C23H33FO2. The third kappa shape index (κ3) is 5.92. The third-order valence-corrected chi connectivity index (χ3v) is 6.04. The average Bonchev–Trinajstić information content (AvgIpc) is 2.69. The summed E-state index contributed by atoms with van der Waals surface area (Å²) in [7, 11) is 0. The van der Waals surface area contributed by atoms with E-state index < -0.39 is 0 Å². The van der Waals surface area contributed by atoms with Crippen molar-refractivity contribution in [1.82, 2.24) is 0 Å². The molecule has 0 atom stereocenters. The first-order valence-corrected chi connectivity index (χ1v) is 10.3. The van der Waals surface area contributed by atoms with Gasteiger partial charge in [0.2, 0.25) is 0 Å². The van der Waals surface area contributed by atoms with E-state index in [1.54, 1.807) is 12.1 Å². The van der Waals surface area contributed by atoms with E-state index in [-0.39, 0.29) is 12.1 Å². The van der Waals surface area contributed by atoms with Gasteiger partial charge in [-0.05, 0) is 81.4 Å². The number of allylic oxidation sites excluding steroid dienone is 1. The van der Waals surface area contributed by atoms with Crippen LogP contribution in [0.1, 0.15) is 56.9 Å². The van der Waals surface area contributed by atoms with Gasteiger partial charge in [-0.25, -0.2) is 4.39 Å². The molecule has 0 spiro atoms. The molecule has 1 saturated heterocycles. The van der Waals surface area contributed by atoms with E-state index in [2.05, 4.69) is 6.58 Å². The molecule has 3 heteroatoms. The summed E-state index contributed by atoms with van der Waals surface area (Å²) in [5.74, 6) is 1.75. The minimum absolute atomic E-state index is 0.0173. The van der Waals surface area contributed by atoms with Crippen LogP contribution in [0.15, 0.2) is 36.9 Å². The van der Waals surface area contributed by atoms with Crippen LogP contribution in [0.4, 0.5) is 4.39 Å². The summed E-state index contributed by atoms with van der Waals surface area (Å²) < 4.78 is 25.1. The van der Waals surface area contributed by atoms with Crippen molar-refractivity contribution < 1.29 is 13.9 Å². The molecule has 144 valence electrons. The van der Waals surface area contributed by atoms with E-state index in [1.165, 1.54) is 50.5 Å². The molecule has 0 amide bonds. The molecule has 1 saturated carbocycles. The summed E-state index contributed by atoms with van der Waals surface area (Å²) in [5.41, 5.74) is 1.25. The van der Waals surface area contributed by atoms with Crippen molar-refractivity contribution in [2.45, 2.75) is 64.1 Å². The first kappa shape index (κ1) is 19.6. The van der Waals surface area contributed by atoms with E-state index >= 15 is 0 Å². The number of hydrogen-bond donors (Lipinski definition) is 0. The summed E-state index contributed by atoms with van der Waals surface area (Å²) in [6, 6.07) is 6.95. The third-order valence-electron chi connectivity index (χ3n) is 6.04. The smallest absolute Gasteiger partial charge is 0.160 e. The molecule has 0 radical (unpaired) electrons. The zero-order chi connectivity index (χ0) is 18.2. The van der Waals surface area contributed by atoms with E-state index in [0.717, 1.165) is 32.0 Å². The molecule has 1 aliphatic carbocycles. The molecular weight excluding hydrogens is 327 g/mol. The zero-order valence-electron chi connectivity index (χ0n) is 15.9. The van der Waals surface area contributed by atoms with Crippen molar-refractivity contribution >= 4 is 0 Å². The van der Waals surface area contributed by atoms with Gasteiger partial charge in [0, 0.05) is 11.8 Å². The largest absolute Gasteiger partial charge is 0.352 e. The maximum atomic E-state index is 13.0. The highest BCUT2D eigenvalue weighted by Crippen LogP contribution is 2.36. The average molecular weight is 361 g/mol. The maximum absolute atomic E-state index is 13.0. The SMILES string of the molecule is C=CCCCC1COC(C2CCC(CCc3ccc(F)cc3)CC2)OC1. The molecule has 0 N–H and O–H groups in total. The minimum Gasteiger partial charge on any atom is -0.352 e. The topological polar surface area (TPSA) is 18.5 Å². The Morgan fingerprint density at radius 1 is 0.962 bits per heavy atom. The van der Waals surface area contributed by atoms with Crippen LogP contribution in [-0.2, 0) is 15.9 Å². The van der Waals surface area contributed by atoms with Crippen LogP contribution >= 0.6 is 0 Å². The van der Waals surface area contributed by atoms with Gasteiger partial charge >= 0.3 is 0 Å². The van der Waals surface area contributed by atoms with Gasteiger partial charge in [0.15, 0.2) is 6.29 Å². The summed E-state index contributed by atoms with van der Waals surface area (Å²) in [5, 5.41) is 0. The number of hydrogen-bond acceptors (Lipinski definition) is 2. The first-order chi connectivity index (χ1) is 12.7. The highest BCUT2D eigenvalue weighted by molar-refractivity contribution is 5.16. The van der Waals surface area contributed by atoms with Gasteiger partial charge in [0.05, 0.1) is 13.2 Å². The van der Waals surface area contributed by atoms with Crippen molar-refractivity contribution in [1.29, 1.82) is 0 Å². The number of halogens is 1. The van der Waals surface area contributed by atoms with Gasteiger partial charge < -0.3 is 9.47 Å². The van der Waals surface area contributed by atoms with Crippen LogP contribution in [0, 0.1) is 23.6 Å². The number of unbranched alkanes of at least 4 members (excludes halogenated alkanes) is 1. The van der Waals surface area contributed by atoms with Crippen molar-refractivity contribution in [2.75, 3.05) is 13.2 Å². The normalized spacial score (nSPS) is 29.4. The van der Waals surface area contributed by atoms with E-state index in [9.17, 15) is 4.39 Å². The predicted octanol–water partition coefficient (Wildman–Crippen LogP) is 5.91. The van der Waals surface area contributed by atoms with Crippen molar-refractivity contribution in [3.8, 4) is 0 Å². The van der Waals surface area contributed by atoms with Crippen LogP contribution in [0.3, 0.4) is 0 Å². The van der Waals surface area contributed by atoms with E-state index in [4.69, 9.17) is 9.47 Å². The fourth-order valence-electron chi connectivity index (χ4n) is 4.32. The molecule has 0 aromatic heterocycles. The molecule has 1 aromatic carbocycles. The highest BCUT2D eigenvalue weighted by Gasteiger charge is 2.32. The fourth-order valence-corrected chi connectivity index (χ4v) is 4.32. The van der Waals surface area contributed by atoms with Crippen LogP contribution in [0.25, 0.3) is 0 Å². The Balaban J connectivity index is 1.32. The number of benzene rings is 1. The van der Waals surface area contributed by atoms with Gasteiger partial charge in [0.1, 0.15) is 5.82 Å². The van der Waals surface area contributed by atoms with Crippen LogP contribution in [0.5, 0.6) is 0 Å². The molecule has 2 nitrogen and oxygen atoms in total. The van der Waals surface area contributed by atoms with Gasteiger partial charge in [-0.3, -0.25) is 0 Å². The van der Waals surface area contributed by atoms with Crippen molar-refractivity contribution in [2.24, 2.45) is 17.8 Å². The lowest BCUT2D eigenvalue weighted by Crippen LogP contribution is -2.38. The summed E-state index contributed by atoms with van der Waals surface area (Å²) in [6.07, 6.45) is 12.6. The van der Waals surface area contributed by atoms with Gasteiger partial charge in [-0.1, -0.05) is 18.2 Å². The molecule has 3 rings (SSSR count). The molecule has 0 unspecified atom stereocenters. The van der Waals surface area contributed by atoms with Crippen molar-refractivity contribution in [3.63, 3.8) is 0 Å². The standard InChI is InChI=1S/C23H33FO2/c1-2-3-4-5-20-16-25-23(26-17-20)21-12-8-18(9-13-21)6-7-19-10-14-22(24)15-11-19/h2,10-11,14-15,18,20-21,23H,1,3-9,12-13,16-17H2. The zero-order valence-corrected chi connectivity index (χ0v) is 15.9. The van der Waals surface area contributed by atoms with Crippen molar-refractivity contribution in [3.05, 3.63) is 48.3 Å². The molecule has 2 fully saturated rings. The van der Waals surface area contributed by atoms with Gasteiger partial charge in [0.25, 0.3) is 0 Å². The molecule has 1 aliphatic heterocycles. The fraction of sp³-hybridized carbons (Fsp3) is 0.652. The lowest BCUT2D eigenvalue weighted by atomic mass is 9.79.